The molecule has 2 amide bonds. The zero-order valence-corrected chi connectivity index (χ0v) is 17.9. The molecule has 7 heteroatoms. The Morgan fingerprint density at radius 2 is 1.77 bits per heavy atom. The van der Waals surface area contributed by atoms with Gasteiger partial charge in [-0.3, -0.25) is 9.59 Å². The fourth-order valence-corrected chi connectivity index (χ4v) is 5.71. The van der Waals surface area contributed by atoms with Crippen LogP contribution in [0.4, 0.5) is 13.2 Å². The molecule has 0 unspecified atom stereocenters. The minimum Gasteiger partial charge on any atom is -0.339 e. The Labute approximate surface area is 181 Å². The lowest BCUT2D eigenvalue weighted by molar-refractivity contribution is -0.141. The van der Waals surface area contributed by atoms with Gasteiger partial charge in [0.05, 0.1) is 11.1 Å². The van der Waals surface area contributed by atoms with E-state index in [4.69, 9.17) is 0 Å². The summed E-state index contributed by atoms with van der Waals surface area (Å²) in [5, 5.41) is 0. The molecule has 2 heterocycles. The van der Waals surface area contributed by atoms with E-state index >= 15 is 0 Å². The molecular formula is C24H31F3N2O2. The smallest absolute Gasteiger partial charge is 0.339 e. The van der Waals surface area contributed by atoms with Gasteiger partial charge < -0.3 is 9.80 Å². The van der Waals surface area contributed by atoms with E-state index in [0.29, 0.717) is 38.3 Å². The summed E-state index contributed by atoms with van der Waals surface area (Å²) in [7, 11) is 0. The second kappa shape index (κ2) is 9.21. The van der Waals surface area contributed by atoms with E-state index in [0.717, 1.165) is 19.0 Å². The van der Waals surface area contributed by atoms with E-state index in [1.54, 1.807) is 4.90 Å². The van der Waals surface area contributed by atoms with Crippen molar-refractivity contribution in [3.63, 3.8) is 0 Å². The van der Waals surface area contributed by atoms with Crippen molar-refractivity contribution in [2.24, 2.45) is 11.8 Å². The van der Waals surface area contributed by atoms with Crippen LogP contribution in [-0.2, 0) is 11.0 Å². The SMILES string of the molecule is O=C(c1ccccc1C(F)(F)F)N1CC[C@H]2[C@H](CCC(=O)N2CCC2CCCCC2)C1. The molecule has 4 rings (SSSR count). The van der Waals surface area contributed by atoms with E-state index in [9.17, 15) is 22.8 Å². The first kappa shape index (κ1) is 22.2. The van der Waals surface area contributed by atoms with Crippen molar-refractivity contribution in [2.75, 3.05) is 19.6 Å². The second-order valence-electron chi connectivity index (χ2n) is 9.33. The Morgan fingerprint density at radius 3 is 2.52 bits per heavy atom. The number of piperidine rings is 2. The van der Waals surface area contributed by atoms with E-state index in [1.165, 1.54) is 50.3 Å². The van der Waals surface area contributed by atoms with Crippen molar-refractivity contribution in [1.82, 2.24) is 9.80 Å². The van der Waals surface area contributed by atoms with Crippen LogP contribution < -0.4 is 0 Å². The zero-order valence-electron chi connectivity index (χ0n) is 17.9. The van der Waals surface area contributed by atoms with Gasteiger partial charge in [0, 0.05) is 32.1 Å². The van der Waals surface area contributed by atoms with Crippen molar-refractivity contribution in [3.05, 3.63) is 35.4 Å². The summed E-state index contributed by atoms with van der Waals surface area (Å²) in [6.07, 6.45) is 4.65. The topological polar surface area (TPSA) is 40.6 Å². The van der Waals surface area contributed by atoms with Gasteiger partial charge in [-0.15, -0.1) is 0 Å². The fraction of sp³-hybridized carbons (Fsp3) is 0.667. The molecule has 2 aliphatic heterocycles. The number of alkyl halides is 3. The highest BCUT2D eigenvalue weighted by Crippen LogP contribution is 2.36. The minimum absolute atomic E-state index is 0.103. The van der Waals surface area contributed by atoms with Gasteiger partial charge in [-0.2, -0.15) is 13.2 Å². The summed E-state index contributed by atoms with van der Waals surface area (Å²) >= 11 is 0. The molecule has 3 fully saturated rings. The number of nitrogens with zero attached hydrogens (tertiary/aromatic N) is 2. The third-order valence-electron chi connectivity index (χ3n) is 7.40. The van der Waals surface area contributed by atoms with Gasteiger partial charge in [0.25, 0.3) is 5.91 Å². The van der Waals surface area contributed by atoms with E-state index in [1.807, 2.05) is 4.90 Å². The highest BCUT2D eigenvalue weighted by atomic mass is 19.4. The number of hydrogen-bond acceptors (Lipinski definition) is 2. The van der Waals surface area contributed by atoms with Crippen molar-refractivity contribution in [1.29, 1.82) is 0 Å². The third-order valence-corrected chi connectivity index (χ3v) is 7.40. The van der Waals surface area contributed by atoms with Gasteiger partial charge in [0.1, 0.15) is 0 Å². The van der Waals surface area contributed by atoms with E-state index in [-0.39, 0.29) is 23.4 Å². The molecule has 2 atom stereocenters. The monoisotopic (exact) mass is 436 g/mol. The number of likely N-dealkylation sites (tertiary alicyclic amines) is 2. The molecule has 0 N–H and O–H groups in total. The molecule has 170 valence electrons. The molecule has 4 nitrogen and oxygen atoms in total. The predicted molar refractivity (Wildman–Crippen MR) is 111 cm³/mol. The van der Waals surface area contributed by atoms with Crippen molar-refractivity contribution in [2.45, 2.75) is 70.0 Å². The fourth-order valence-electron chi connectivity index (χ4n) is 5.71. The van der Waals surface area contributed by atoms with Gasteiger partial charge >= 0.3 is 6.18 Å². The number of halogens is 3. The largest absolute Gasteiger partial charge is 0.417 e. The first-order valence-electron chi connectivity index (χ1n) is 11.6. The number of hydrogen-bond donors (Lipinski definition) is 0. The van der Waals surface area contributed by atoms with Crippen LogP contribution in [0.1, 0.15) is 73.7 Å². The molecule has 1 saturated carbocycles. The number of benzene rings is 1. The molecule has 1 aromatic rings. The highest BCUT2D eigenvalue weighted by Gasteiger charge is 2.42. The summed E-state index contributed by atoms with van der Waals surface area (Å²) in [5.74, 6) is 0.471. The molecule has 31 heavy (non-hydrogen) atoms. The number of rotatable bonds is 4. The molecule has 3 aliphatic rings. The quantitative estimate of drug-likeness (QED) is 0.657. The third kappa shape index (κ3) is 4.90. The molecule has 1 aliphatic carbocycles. The Morgan fingerprint density at radius 1 is 1.03 bits per heavy atom. The van der Waals surface area contributed by atoms with Gasteiger partial charge in [-0.25, -0.2) is 0 Å². The van der Waals surface area contributed by atoms with Gasteiger partial charge in [-0.05, 0) is 43.2 Å². The molecule has 0 aromatic heterocycles. The van der Waals surface area contributed by atoms with Crippen molar-refractivity contribution < 1.29 is 22.8 Å². The van der Waals surface area contributed by atoms with Crippen LogP contribution in [0.3, 0.4) is 0 Å². The van der Waals surface area contributed by atoms with Crippen LogP contribution in [0.5, 0.6) is 0 Å². The van der Waals surface area contributed by atoms with E-state index < -0.39 is 17.6 Å². The molecule has 0 spiro atoms. The molecule has 0 bridgehead atoms. The second-order valence-corrected chi connectivity index (χ2v) is 9.33. The average molecular weight is 437 g/mol. The maximum absolute atomic E-state index is 13.4. The first-order valence-corrected chi connectivity index (χ1v) is 11.6. The summed E-state index contributed by atoms with van der Waals surface area (Å²) < 4.78 is 40.1. The highest BCUT2D eigenvalue weighted by molar-refractivity contribution is 5.96. The predicted octanol–water partition coefficient (Wildman–Crippen LogP) is 5.13. The lowest BCUT2D eigenvalue weighted by Gasteiger charge is -2.47. The summed E-state index contributed by atoms with van der Waals surface area (Å²) in [6, 6.07) is 5.11. The number of carbonyl (C=O) groups is 2. The Bertz CT molecular complexity index is 804. The van der Waals surface area contributed by atoms with Crippen LogP contribution in [0, 0.1) is 11.8 Å². The zero-order chi connectivity index (χ0) is 22.0. The lowest BCUT2D eigenvalue weighted by atomic mass is 9.82. The first-order chi connectivity index (χ1) is 14.8. The Kier molecular flexibility index (Phi) is 6.58. The number of amides is 2. The van der Waals surface area contributed by atoms with Crippen LogP contribution in [0.15, 0.2) is 24.3 Å². The maximum atomic E-state index is 13.4. The normalized spacial score (nSPS) is 25.5. The van der Waals surface area contributed by atoms with Crippen LogP contribution >= 0.6 is 0 Å². The summed E-state index contributed by atoms with van der Waals surface area (Å²) in [5.41, 5.74) is -1.16. The molecular weight excluding hydrogens is 405 g/mol. The van der Waals surface area contributed by atoms with Crippen LogP contribution in [-0.4, -0.2) is 47.3 Å². The number of fused-ring (bicyclic) bond motifs is 1. The average Bonchev–Trinajstić information content (AvgIpc) is 2.78. The maximum Gasteiger partial charge on any atom is 0.417 e. The Balaban J connectivity index is 1.42. The summed E-state index contributed by atoms with van der Waals surface area (Å²) in [4.78, 5) is 29.2. The van der Waals surface area contributed by atoms with E-state index in [2.05, 4.69) is 0 Å². The Hall–Kier alpha value is -2.05. The van der Waals surface area contributed by atoms with Crippen LogP contribution in [0.25, 0.3) is 0 Å². The standard InChI is InChI=1S/C24H31F3N2O2/c25-24(26,27)20-9-5-4-8-19(20)23(31)28-14-13-21-18(16-28)10-11-22(30)29(21)15-12-17-6-2-1-3-7-17/h4-5,8-9,17-18,21H,1-3,6-7,10-16H2/t18-,21+/m1/s1. The van der Waals surface area contributed by atoms with Crippen molar-refractivity contribution in [3.8, 4) is 0 Å². The van der Waals surface area contributed by atoms with Gasteiger partial charge in [0.2, 0.25) is 5.91 Å². The lowest BCUT2D eigenvalue weighted by Crippen LogP contribution is -2.57. The minimum atomic E-state index is -4.56. The van der Waals surface area contributed by atoms with Crippen LogP contribution in [0.2, 0.25) is 0 Å². The number of carbonyl (C=O) groups excluding carboxylic acids is 2. The molecule has 2 saturated heterocycles. The van der Waals surface area contributed by atoms with Gasteiger partial charge in [0.15, 0.2) is 0 Å². The molecule has 1 aromatic carbocycles. The van der Waals surface area contributed by atoms with Crippen molar-refractivity contribution >= 4 is 11.8 Å². The molecule has 0 radical (unpaired) electrons. The van der Waals surface area contributed by atoms with Gasteiger partial charge in [-0.1, -0.05) is 44.2 Å². The summed E-state index contributed by atoms with van der Waals surface area (Å²) in [6.45, 7) is 1.58.